The van der Waals surface area contributed by atoms with Gasteiger partial charge in [0.05, 0.1) is 0 Å². The Balaban J connectivity index is 1.76. The third-order valence-electron chi connectivity index (χ3n) is 4.38. The molecule has 0 radical (unpaired) electrons. The zero-order valence-corrected chi connectivity index (χ0v) is 14.4. The molecule has 0 spiro atoms. The number of hydrogen-bond donors (Lipinski definition) is 1. The van der Waals surface area contributed by atoms with Crippen molar-refractivity contribution in [2.24, 2.45) is 11.8 Å². The van der Waals surface area contributed by atoms with Gasteiger partial charge in [0.25, 0.3) is 0 Å². The van der Waals surface area contributed by atoms with E-state index in [0.29, 0.717) is 24.3 Å². The van der Waals surface area contributed by atoms with E-state index in [0.717, 1.165) is 35.0 Å². The maximum absolute atomic E-state index is 11.5. The summed E-state index contributed by atoms with van der Waals surface area (Å²) in [5.74, 6) is 1.05. The van der Waals surface area contributed by atoms with Crippen molar-refractivity contribution in [2.45, 2.75) is 18.9 Å². The summed E-state index contributed by atoms with van der Waals surface area (Å²) < 4.78 is 0.779. The van der Waals surface area contributed by atoms with Gasteiger partial charge in [-0.25, -0.2) is 4.79 Å². The molecule has 1 aromatic heterocycles. The highest BCUT2D eigenvalue weighted by Gasteiger charge is 2.46. The Morgan fingerprint density at radius 2 is 2.10 bits per heavy atom. The van der Waals surface area contributed by atoms with E-state index >= 15 is 0 Å². The van der Waals surface area contributed by atoms with Crippen LogP contribution in [0.2, 0.25) is 0 Å². The maximum atomic E-state index is 11.5. The third-order valence-corrected chi connectivity index (χ3v) is 5.96. The second kappa shape index (κ2) is 6.26. The van der Waals surface area contributed by atoms with Gasteiger partial charge in [0.15, 0.2) is 3.92 Å². The number of halogens is 2. The molecule has 3 atom stereocenters. The molecule has 3 rings (SSSR count). The molecule has 1 unspecified atom stereocenters. The lowest BCUT2D eigenvalue weighted by Gasteiger charge is -2.42. The Morgan fingerprint density at radius 1 is 1.43 bits per heavy atom. The molecule has 2 aliphatic rings. The number of aromatic nitrogens is 2. The van der Waals surface area contributed by atoms with Gasteiger partial charge in [-0.2, -0.15) is 0 Å². The molecule has 1 aliphatic heterocycles. The molecule has 1 aliphatic carbocycles. The lowest BCUT2D eigenvalue weighted by molar-refractivity contribution is 0.0942. The van der Waals surface area contributed by atoms with Crippen molar-refractivity contribution in [3.05, 3.63) is 3.92 Å². The Kier molecular flexibility index (Phi) is 4.56. The van der Waals surface area contributed by atoms with Crippen LogP contribution in [0, 0.1) is 11.8 Å². The molecule has 0 aromatic carbocycles. The quantitative estimate of drug-likeness (QED) is 0.794. The normalized spacial score (nSPS) is 27.9. The molecule has 116 valence electrons. The molecule has 2 bridgehead atoms. The fourth-order valence-electron chi connectivity index (χ4n) is 3.65. The summed E-state index contributed by atoms with van der Waals surface area (Å²) >= 11 is 10.6. The van der Waals surface area contributed by atoms with Gasteiger partial charge in [-0.1, -0.05) is 11.3 Å². The van der Waals surface area contributed by atoms with Crippen LogP contribution in [0.5, 0.6) is 0 Å². The van der Waals surface area contributed by atoms with Crippen LogP contribution in [-0.4, -0.2) is 57.9 Å². The van der Waals surface area contributed by atoms with Gasteiger partial charge in [0.1, 0.15) is 0 Å². The number of fused-ring (bicyclic) bond motifs is 2. The number of hydrogen-bond acceptors (Lipinski definition) is 5. The van der Waals surface area contributed by atoms with Crippen molar-refractivity contribution in [1.82, 2.24) is 15.1 Å². The van der Waals surface area contributed by atoms with Gasteiger partial charge in [0.2, 0.25) is 5.13 Å². The highest BCUT2D eigenvalue weighted by Crippen LogP contribution is 2.42. The van der Waals surface area contributed by atoms with Crippen LogP contribution >= 0.6 is 38.9 Å². The SMILES string of the molecule is O=C(O)N(CCCl)C1[C@@H]2CC[C@H]1CN(c1nnc(Br)s1)C2. The molecule has 2 fully saturated rings. The van der Waals surface area contributed by atoms with Crippen LogP contribution < -0.4 is 4.90 Å². The van der Waals surface area contributed by atoms with Crippen molar-refractivity contribution in [3.63, 3.8) is 0 Å². The average molecular weight is 396 g/mol. The number of rotatable bonds is 4. The molecule has 1 saturated heterocycles. The summed E-state index contributed by atoms with van der Waals surface area (Å²) in [4.78, 5) is 15.3. The van der Waals surface area contributed by atoms with Gasteiger partial charge in [0, 0.05) is 31.6 Å². The van der Waals surface area contributed by atoms with E-state index in [-0.39, 0.29) is 6.04 Å². The molecule has 2 heterocycles. The number of amides is 1. The number of carbonyl (C=O) groups is 1. The molecule has 9 heteroatoms. The average Bonchev–Trinajstić information content (AvgIpc) is 2.97. The Bertz CT molecular complexity index is 517. The Hall–Kier alpha value is -0.600. The van der Waals surface area contributed by atoms with Gasteiger partial charge >= 0.3 is 6.09 Å². The summed E-state index contributed by atoms with van der Waals surface area (Å²) in [5.41, 5.74) is 0. The summed E-state index contributed by atoms with van der Waals surface area (Å²) in [7, 11) is 0. The summed E-state index contributed by atoms with van der Waals surface area (Å²) in [5, 5.41) is 18.5. The predicted octanol–water partition coefficient (Wildman–Crippen LogP) is 2.73. The topological polar surface area (TPSA) is 69.6 Å². The lowest BCUT2D eigenvalue weighted by Crippen LogP contribution is -2.54. The molecule has 1 amide bonds. The molecule has 1 N–H and O–H groups in total. The first-order valence-corrected chi connectivity index (χ1v) is 9.04. The van der Waals surface area contributed by atoms with Crippen LogP contribution in [0.25, 0.3) is 0 Å². The van der Waals surface area contributed by atoms with E-state index < -0.39 is 6.09 Å². The smallest absolute Gasteiger partial charge is 0.407 e. The van der Waals surface area contributed by atoms with Crippen molar-refractivity contribution in [2.75, 3.05) is 30.4 Å². The molecule has 21 heavy (non-hydrogen) atoms. The Morgan fingerprint density at radius 3 is 2.57 bits per heavy atom. The zero-order chi connectivity index (χ0) is 15.0. The number of alkyl halides is 1. The van der Waals surface area contributed by atoms with Gasteiger partial charge < -0.3 is 14.9 Å². The largest absolute Gasteiger partial charge is 0.465 e. The number of anilines is 1. The minimum Gasteiger partial charge on any atom is -0.465 e. The molecule has 6 nitrogen and oxygen atoms in total. The monoisotopic (exact) mass is 394 g/mol. The highest BCUT2D eigenvalue weighted by molar-refractivity contribution is 9.11. The standard InChI is InChI=1S/C12H16BrClN4O2S/c13-10-15-16-11(21-10)17-5-7-1-2-8(6-17)9(7)18(4-3-14)12(19)20/h7-9H,1-6H2,(H,19,20)/t7-,8+,9?. The van der Waals surface area contributed by atoms with E-state index in [2.05, 4.69) is 31.0 Å². The van der Waals surface area contributed by atoms with E-state index in [1.165, 1.54) is 11.3 Å². The fraction of sp³-hybridized carbons (Fsp3) is 0.750. The second-order valence-corrected chi connectivity index (χ2v) is 8.11. The van der Waals surface area contributed by atoms with Crippen LogP contribution in [0.3, 0.4) is 0 Å². The summed E-state index contributed by atoms with van der Waals surface area (Å²) in [6, 6.07) is 0.0915. The molecular formula is C12H16BrClN4O2S. The van der Waals surface area contributed by atoms with E-state index in [1.54, 1.807) is 4.90 Å². The molecule has 1 aromatic rings. The first-order chi connectivity index (χ1) is 10.1. The number of nitrogens with zero attached hydrogens (tertiary/aromatic N) is 4. The minimum absolute atomic E-state index is 0.0915. The van der Waals surface area contributed by atoms with E-state index in [9.17, 15) is 9.90 Å². The summed E-state index contributed by atoms with van der Waals surface area (Å²) in [6.45, 7) is 2.09. The lowest BCUT2D eigenvalue weighted by atomic mass is 9.91. The van der Waals surface area contributed by atoms with E-state index in [4.69, 9.17) is 11.6 Å². The van der Waals surface area contributed by atoms with Crippen molar-refractivity contribution < 1.29 is 9.90 Å². The molecule has 1 saturated carbocycles. The minimum atomic E-state index is -0.857. The third kappa shape index (κ3) is 2.98. The Labute approximate surface area is 140 Å². The number of piperidine rings is 1. The summed E-state index contributed by atoms with van der Waals surface area (Å²) in [6.07, 6.45) is 1.28. The van der Waals surface area contributed by atoms with Crippen molar-refractivity contribution in [1.29, 1.82) is 0 Å². The molecular weight excluding hydrogens is 380 g/mol. The van der Waals surface area contributed by atoms with Crippen LogP contribution in [0.4, 0.5) is 9.93 Å². The van der Waals surface area contributed by atoms with Gasteiger partial charge in [-0.05, 0) is 40.6 Å². The fourth-order valence-corrected chi connectivity index (χ4v) is 4.94. The highest BCUT2D eigenvalue weighted by atomic mass is 79.9. The zero-order valence-electron chi connectivity index (χ0n) is 11.3. The van der Waals surface area contributed by atoms with Crippen LogP contribution in [0.15, 0.2) is 3.92 Å². The van der Waals surface area contributed by atoms with Crippen molar-refractivity contribution >= 4 is 50.1 Å². The number of carboxylic acid groups (broad SMARTS) is 1. The first kappa shape index (κ1) is 15.3. The maximum Gasteiger partial charge on any atom is 0.407 e. The second-order valence-electron chi connectivity index (χ2n) is 5.50. The van der Waals surface area contributed by atoms with Crippen molar-refractivity contribution in [3.8, 4) is 0 Å². The van der Waals surface area contributed by atoms with Crippen LogP contribution in [0.1, 0.15) is 12.8 Å². The predicted molar refractivity (Wildman–Crippen MR) is 85.3 cm³/mol. The first-order valence-electron chi connectivity index (χ1n) is 6.89. The van der Waals surface area contributed by atoms with Gasteiger partial charge in [-0.15, -0.1) is 21.8 Å². The van der Waals surface area contributed by atoms with Crippen LogP contribution in [-0.2, 0) is 0 Å². The van der Waals surface area contributed by atoms with E-state index in [1.807, 2.05) is 0 Å². The van der Waals surface area contributed by atoms with Gasteiger partial charge in [-0.3, -0.25) is 0 Å².